The van der Waals surface area contributed by atoms with Crippen LogP contribution in [0, 0.1) is 21.4 Å². The van der Waals surface area contributed by atoms with Gasteiger partial charge in [0.1, 0.15) is 17.2 Å². The topological polar surface area (TPSA) is 93.0 Å². The lowest BCUT2D eigenvalue weighted by atomic mass is 10.1. The standard InChI is InChI=1S/C16H9N3O3/c17-10-12(9-11-5-7-13(8-6-11)19(20)21)16-18-14-3-1-2-4-15(14)22-16/h1-9H/b12-9+. The molecule has 6 heteroatoms. The highest BCUT2D eigenvalue weighted by Crippen LogP contribution is 2.23. The molecule has 0 fully saturated rings. The van der Waals surface area contributed by atoms with E-state index in [0.29, 0.717) is 16.7 Å². The lowest BCUT2D eigenvalue weighted by Gasteiger charge is -1.95. The summed E-state index contributed by atoms with van der Waals surface area (Å²) < 4.78 is 5.55. The van der Waals surface area contributed by atoms with Crippen molar-refractivity contribution in [3.05, 3.63) is 70.1 Å². The van der Waals surface area contributed by atoms with Crippen molar-refractivity contribution in [2.45, 2.75) is 0 Å². The molecule has 0 aliphatic rings. The van der Waals surface area contributed by atoms with Gasteiger partial charge in [-0.1, -0.05) is 12.1 Å². The predicted octanol–water partition coefficient (Wildman–Crippen LogP) is 3.80. The third kappa shape index (κ3) is 2.55. The van der Waals surface area contributed by atoms with Gasteiger partial charge in [0.2, 0.25) is 5.89 Å². The molecule has 0 amide bonds. The first-order valence-electron chi connectivity index (χ1n) is 6.39. The van der Waals surface area contributed by atoms with Crippen LogP contribution in [0.4, 0.5) is 5.69 Å². The highest BCUT2D eigenvalue weighted by Gasteiger charge is 2.11. The average Bonchev–Trinajstić information content (AvgIpc) is 2.96. The Labute approximate surface area is 125 Å². The van der Waals surface area contributed by atoms with E-state index in [0.717, 1.165) is 0 Å². The zero-order valence-electron chi connectivity index (χ0n) is 11.3. The number of nitro benzene ring substituents is 1. The van der Waals surface area contributed by atoms with Crippen LogP contribution >= 0.6 is 0 Å². The van der Waals surface area contributed by atoms with Crippen LogP contribution in [0.15, 0.2) is 52.9 Å². The average molecular weight is 291 g/mol. The van der Waals surface area contributed by atoms with Crippen LogP contribution in [0.25, 0.3) is 22.7 Å². The number of hydrogen-bond acceptors (Lipinski definition) is 5. The largest absolute Gasteiger partial charge is 0.435 e. The summed E-state index contributed by atoms with van der Waals surface area (Å²) in [7, 11) is 0. The highest BCUT2D eigenvalue weighted by atomic mass is 16.6. The summed E-state index contributed by atoms with van der Waals surface area (Å²) in [5.41, 5.74) is 2.18. The second-order valence-electron chi connectivity index (χ2n) is 4.51. The molecule has 3 rings (SSSR count). The molecule has 22 heavy (non-hydrogen) atoms. The van der Waals surface area contributed by atoms with Crippen LogP contribution in [0.3, 0.4) is 0 Å². The normalized spacial score (nSPS) is 11.3. The van der Waals surface area contributed by atoms with Crippen LogP contribution in [-0.4, -0.2) is 9.91 Å². The van der Waals surface area contributed by atoms with Crippen molar-refractivity contribution in [1.82, 2.24) is 4.98 Å². The summed E-state index contributed by atoms with van der Waals surface area (Å²) >= 11 is 0. The SMILES string of the molecule is N#C/C(=C\c1ccc([N+](=O)[O-])cc1)c1nc2ccccc2o1. The van der Waals surface area contributed by atoms with Crippen LogP contribution in [-0.2, 0) is 0 Å². The highest BCUT2D eigenvalue weighted by molar-refractivity contribution is 5.88. The fraction of sp³-hybridized carbons (Fsp3) is 0. The van der Waals surface area contributed by atoms with Crippen molar-refractivity contribution in [1.29, 1.82) is 5.26 Å². The van der Waals surface area contributed by atoms with Crippen molar-refractivity contribution in [3.8, 4) is 6.07 Å². The number of non-ortho nitro benzene ring substituents is 1. The molecule has 0 aliphatic heterocycles. The van der Waals surface area contributed by atoms with Gasteiger partial charge < -0.3 is 4.42 Å². The summed E-state index contributed by atoms with van der Waals surface area (Å²) in [6.07, 6.45) is 1.58. The number of oxazole rings is 1. The Morgan fingerprint density at radius 1 is 1.23 bits per heavy atom. The molecule has 0 saturated heterocycles. The van der Waals surface area contributed by atoms with Gasteiger partial charge >= 0.3 is 0 Å². The predicted molar refractivity (Wildman–Crippen MR) is 80.6 cm³/mol. The second-order valence-corrected chi connectivity index (χ2v) is 4.51. The Morgan fingerprint density at radius 2 is 1.95 bits per heavy atom. The smallest absolute Gasteiger partial charge is 0.269 e. The third-order valence-corrected chi connectivity index (χ3v) is 3.06. The molecule has 0 unspecified atom stereocenters. The van der Waals surface area contributed by atoms with E-state index in [4.69, 9.17) is 4.42 Å². The molecule has 0 spiro atoms. The Kier molecular flexibility index (Phi) is 3.38. The molecule has 6 nitrogen and oxygen atoms in total. The number of aromatic nitrogens is 1. The van der Waals surface area contributed by atoms with E-state index in [2.05, 4.69) is 4.98 Å². The van der Waals surface area contributed by atoms with Crippen molar-refractivity contribution >= 4 is 28.4 Å². The first kappa shape index (κ1) is 13.5. The Bertz CT molecular complexity index is 885. The van der Waals surface area contributed by atoms with Gasteiger partial charge in [-0.2, -0.15) is 5.26 Å². The first-order chi connectivity index (χ1) is 10.7. The number of nitriles is 1. The number of para-hydroxylation sites is 2. The fourth-order valence-corrected chi connectivity index (χ4v) is 1.99. The molecule has 106 valence electrons. The molecule has 0 aliphatic carbocycles. The van der Waals surface area contributed by atoms with Gasteiger partial charge in [0.05, 0.1) is 4.92 Å². The summed E-state index contributed by atoms with van der Waals surface area (Å²) in [5, 5.41) is 19.9. The number of nitro groups is 1. The minimum absolute atomic E-state index is 0.00230. The van der Waals surface area contributed by atoms with Crippen LogP contribution < -0.4 is 0 Å². The van der Waals surface area contributed by atoms with E-state index in [1.807, 2.05) is 18.2 Å². The zero-order valence-corrected chi connectivity index (χ0v) is 11.3. The van der Waals surface area contributed by atoms with Gasteiger partial charge in [0.15, 0.2) is 5.58 Å². The molecule has 0 radical (unpaired) electrons. The lowest BCUT2D eigenvalue weighted by molar-refractivity contribution is -0.384. The maximum Gasteiger partial charge on any atom is 0.269 e. The zero-order chi connectivity index (χ0) is 15.5. The Hall–Kier alpha value is -3.46. The second kappa shape index (κ2) is 5.50. The van der Waals surface area contributed by atoms with Crippen LogP contribution in [0.1, 0.15) is 11.5 Å². The van der Waals surface area contributed by atoms with Crippen molar-refractivity contribution in [3.63, 3.8) is 0 Å². The first-order valence-corrected chi connectivity index (χ1v) is 6.39. The number of rotatable bonds is 3. The van der Waals surface area contributed by atoms with Gasteiger partial charge in [0.25, 0.3) is 5.69 Å². The fourth-order valence-electron chi connectivity index (χ4n) is 1.99. The summed E-state index contributed by atoms with van der Waals surface area (Å²) in [6, 6.07) is 15.2. The summed E-state index contributed by atoms with van der Waals surface area (Å²) in [4.78, 5) is 14.4. The number of hydrogen-bond donors (Lipinski definition) is 0. The van der Waals surface area contributed by atoms with Gasteiger partial charge in [-0.15, -0.1) is 0 Å². The molecule has 0 N–H and O–H groups in total. The molecular weight excluding hydrogens is 282 g/mol. The molecule has 1 aromatic heterocycles. The summed E-state index contributed by atoms with van der Waals surface area (Å²) in [6.45, 7) is 0. The van der Waals surface area contributed by atoms with E-state index >= 15 is 0 Å². The quantitative estimate of drug-likeness (QED) is 0.415. The molecule has 0 saturated carbocycles. The van der Waals surface area contributed by atoms with E-state index in [1.54, 1.807) is 30.3 Å². The van der Waals surface area contributed by atoms with E-state index < -0.39 is 4.92 Å². The Balaban J connectivity index is 1.99. The number of fused-ring (bicyclic) bond motifs is 1. The monoisotopic (exact) mass is 291 g/mol. The number of nitrogens with zero attached hydrogens (tertiary/aromatic N) is 3. The minimum atomic E-state index is -0.473. The van der Waals surface area contributed by atoms with Gasteiger partial charge in [-0.25, -0.2) is 4.98 Å². The third-order valence-electron chi connectivity index (χ3n) is 3.06. The van der Waals surface area contributed by atoms with Crippen molar-refractivity contribution < 1.29 is 9.34 Å². The van der Waals surface area contributed by atoms with E-state index in [9.17, 15) is 15.4 Å². The van der Waals surface area contributed by atoms with Gasteiger partial charge in [0, 0.05) is 12.1 Å². The molecule has 0 atom stereocenters. The Morgan fingerprint density at radius 3 is 2.59 bits per heavy atom. The van der Waals surface area contributed by atoms with E-state index in [-0.39, 0.29) is 17.2 Å². The van der Waals surface area contributed by atoms with E-state index in [1.165, 1.54) is 12.1 Å². The number of allylic oxidation sites excluding steroid dienone is 1. The van der Waals surface area contributed by atoms with Crippen molar-refractivity contribution in [2.24, 2.45) is 0 Å². The molecular formula is C16H9N3O3. The van der Waals surface area contributed by atoms with Gasteiger partial charge in [-0.05, 0) is 35.9 Å². The molecule has 0 bridgehead atoms. The molecule has 1 heterocycles. The van der Waals surface area contributed by atoms with Crippen LogP contribution in [0.2, 0.25) is 0 Å². The van der Waals surface area contributed by atoms with Crippen molar-refractivity contribution in [2.75, 3.05) is 0 Å². The maximum atomic E-state index is 10.6. The maximum absolute atomic E-state index is 10.6. The number of benzene rings is 2. The molecule has 3 aromatic rings. The minimum Gasteiger partial charge on any atom is -0.435 e. The van der Waals surface area contributed by atoms with Gasteiger partial charge in [-0.3, -0.25) is 10.1 Å². The summed E-state index contributed by atoms with van der Waals surface area (Å²) in [5.74, 6) is 0.224. The van der Waals surface area contributed by atoms with Crippen LogP contribution in [0.5, 0.6) is 0 Å². The lowest BCUT2D eigenvalue weighted by Crippen LogP contribution is -1.87. The molecule has 2 aromatic carbocycles.